The standard InChI is InChI=1S/C14H14N4O2/c1-9(19)11-4-3-10(8-15)7-13(11)18-6-5-12(17-18)14(20)16-2/h3-7,9,19H,1-2H3,(H,16,20). The van der Waals surface area contributed by atoms with Crippen LogP contribution in [-0.4, -0.2) is 27.8 Å². The molecule has 1 heterocycles. The van der Waals surface area contributed by atoms with E-state index in [9.17, 15) is 9.90 Å². The first kappa shape index (κ1) is 13.8. The van der Waals surface area contributed by atoms with Gasteiger partial charge in [0, 0.05) is 18.8 Å². The van der Waals surface area contributed by atoms with Crippen LogP contribution in [0.1, 0.15) is 34.6 Å². The molecule has 0 aliphatic rings. The number of nitriles is 1. The average Bonchev–Trinajstić information content (AvgIpc) is 2.95. The number of carbonyl (C=O) groups excluding carboxylic acids is 1. The summed E-state index contributed by atoms with van der Waals surface area (Å²) in [6, 6.07) is 8.56. The Kier molecular flexibility index (Phi) is 3.82. The molecule has 0 saturated heterocycles. The minimum Gasteiger partial charge on any atom is -0.389 e. The molecule has 0 fully saturated rings. The van der Waals surface area contributed by atoms with Crippen LogP contribution >= 0.6 is 0 Å². The summed E-state index contributed by atoms with van der Waals surface area (Å²) in [5.41, 5.74) is 1.94. The molecular formula is C14H14N4O2. The van der Waals surface area contributed by atoms with E-state index < -0.39 is 6.10 Å². The number of hydrogen-bond donors (Lipinski definition) is 2. The van der Waals surface area contributed by atoms with Gasteiger partial charge in [-0.25, -0.2) is 4.68 Å². The second-order valence-electron chi connectivity index (χ2n) is 4.29. The monoisotopic (exact) mass is 270 g/mol. The summed E-state index contributed by atoms with van der Waals surface area (Å²) in [4.78, 5) is 11.5. The van der Waals surface area contributed by atoms with Crippen molar-refractivity contribution in [3.8, 4) is 11.8 Å². The Morgan fingerprint density at radius 3 is 2.85 bits per heavy atom. The third-order valence-electron chi connectivity index (χ3n) is 2.91. The maximum absolute atomic E-state index is 11.5. The van der Waals surface area contributed by atoms with Crippen molar-refractivity contribution >= 4 is 5.91 Å². The van der Waals surface area contributed by atoms with Gasteiger partial charge in [0.25, 0.3) is 5.91 Å². The highest BCUT2D eigenvalue weighted by Crippen LogP contribution is 2.22. The summed E-state index contributed by atoms with van der Waals surface area (Å²) < 4.78 is 1.48. The first-order valence-corrected chi connectivity index (χ1v) is 6.07. The second kappa shape index (κ2) is 5.55. The maximum atomic E-state index is 11.5. The van der Waals surface area contributed by atoms with E-state index >= 15 is 0 Å². The molecule has 0 aliphatic heterocycles. The van der Waals surface area contributed by atoms with Gasteiger partial charge in [-0.05, 0) is 25.1 Å². The SMILES string of the molecule is CNC(=O)c1ccn(-c2cc(C#N)ccc2C(C)O)n1. The zero-order chi connectivity index (χ0) is 14.7. The van der Waals surface area contributed by atoms with Gasteiger partial charge in [0.15, 0.2) is 5.69 Å². The highest BCUT2D eigenvalue weighted by atomic mass is 16.3. The number of amides is 1. The van der Waals surface area contributed by atoms with Crippen molar-refractivity contribution in [2.45, 2.75) is 13.0 Å². The van der Waals surface area contributed by atoms with Crippen LogP contribution in [0.3, 0.4) is 0 Å². The molecular weight excluding hydrogens is 256 g/mol. The van der Waals surface area contributed by atoms with Crippen molar-refractivity contribution in [3.63, 3.8) is 0 Å². The van der Waals surface area contributed by atoms with Gasteiger partial charge in [-0.2, -0.15) is 10.4 Å². The van der Waals surface area contributed by atoms with Gasteiger partial charge in [-0.15, -0.1) is 0 Å². The molecule has 0 radical (unpaired) electrons. The Morgan fingerprint density at radius 2 is 2.25 bits per heavy atom. The van der Waals surface area contributed by atoms with Gasteiger partial charge < -0.3 is 10.4 Å². The number of aliphatic hydroxyl groups is 1. The van der Waals surface area contributed by atoms with Crippen LogP contribution in [0.4, 0.5) is 0 Å². The van der Waals surface area contributed by atoms with Crippen molar-refractivity contribution in [1.29, 1.82) is 5.26 Å². The largest absolute Gasteiger partial charge is 0.389 e. The third kappa shape index (κ3) is 2.53. The van der Waals surface area contributed by atoms with Crippen LogP contribution in [0.25, 0.3) is 5.69 Å². The number of aromatic nitrogens is 2. The van der Waals surface area contributed by atoms with E-state index in [2.05, 4.69) is 10.4 Å². The molecule has 1 aromatic heterocycles. The molecule has 2 aromatic rings. The summed E-state index contributed by atoms with van der Waals surface area (Å²) in [5, 5.41) is 25.4. The fraction of sp³-hybridized carbons (Fsp3) is 0.214. The van der Waals surface area contributed by atoms with E-state index in [4.69, 9.17) is 5.26 Å². The summed E-state index contributed by atoms with van der Waals surface area (Å²) in [7, 11) is 1.53. The zero-order valence-corrected chi connectivity index (χ0v) is 11.2. The predicted molar refractivity (Wildman–Crippen MR) is 72.3 cm³/mol. The zero-order valence-electron chi connectivity index (χ0n) is 11.2. The lowest BCUT2D eigenvalue weighted by Crippen LogP contribution is -2.18. The van der Waals surface area contributed by atoms with Crippen molar-refractivity contribution in [2.24, 2.45) is 0 Å². The molecule has 6 heteroatoms. The van der Waals surface area contributed by atoms with Gasteiger partial charge in [0.1, 0.15) is 0 Å². The number of nitrogens with zero attached hydrogens (tertiary/aromatic N) is 3. The molecule has 0 bridgehead atoms. The highest BCUT2D eigenvalue weighted by molar-refractivity contribution is 5.91. The first-order valence-electron chi connectivity index (χ1n) is 6.07. The van der Waals surface area contributed by atoms with Crippen molar-refractivity contribution in [3.05, 3.63) is 47.3 Å². The van der Waals surface area contributed by atoms with Gasteiger partial charge >= 0.3 is 0 Å². The highest BCUT2D eigenvalue weighted by Gasteiger charge is 2.14. The fourth-order valence-corrected chi connectivity index (χ4v) is 1.87. The maximum Gasteiger partial charge on any atom is 0.271 e. The van der Waals surface area contributed by atoms with E-state index in [1.54, 1.807) is 37.4 Å². The van der Waals surface area contributed by atoms with Crippen LogP contribution in [0.2, 0.25) is 0 Å². The van der Waals surface area contributed by atoms with E-state index in [0.29, 0.717) is 16.8 Å². The average molecular weight is 270 g/mol. The smallest absolute Gasteiger partial charge is 0.271 e. The molecule has 1 unspecified atom stereocenters. The molecule has 20 heavy (non-hydrogen) atoms. The van der Waals surface area contributed by atoms with Gasteiger partial charge in [0.2, 0.25) is 0 Å². The first-order chi connectivity index (χ1) is 9.56. The number of benzene rings is 1. The van der Waals surface area contributed by atoms with Crippen molar-refractivity contribution < 1.29 is 9.90 Å². The van der Waals surface area contributed by atoms with Gasteiger partial charge in [-0.3, -0.25) is 4.79 Å². The van der Waals surface area contributed by atoms with Crippen LogP contribution in [0.5, 0.6) is 0 Å². The Balaban J connectivity index is 2.53. The molecule has 102 valence electrons. The van der Waals surface area contributed by atoms with Crippen LogP contribution in [-0.2, 0) is 0 Å². The van der Waals surface area contributed by atoms with E-state index in [1.807, 2.05) is 6.07 Å². The number of aliphatic hydroxyl groups excluding tert-OH is 1. The summed E-state index contributed by atoms with van der Waals surface area (Å²) in [6.07, 6.45) is 0.915. The van der Waals surface area contributed by atoms with Crippen molar-refractivity contribution in [1.82, 2.24) is 15.1 Å². The number of carbonyl (C=O) groups is 1. The fourth-order valence-electron chi connectivity index (χ4n) is 1.87. The minimum absolute atomic E-state index is 0.270. The molecule has 6 nitrogen and oxygen atoms in total. The number of hydrogen-bond acceptors (Lipinski definition) is 4. The Morgan fingerprint density at radius 1 is 1.50 bits per heavy atom. The number of nitrogens with one attached hydrogen (secondary N) is 1. The molecule has 0 saturated carbocycles. The summed E-state index contributed by atoms with van der Waals surface area (Å²) in [5.74, 6) is -0.293. The lowest BCUT2D eigenvalue weighted by molar-refractivity contribution is 0.0957. The van der Waals surface area contributed by atoms with E-state index in [1.165, 1.54) is 11.7 Å². The lowest BCUT2D eigenvalue weighted by Gasteiger charge is -2.12. The topological polar surface area (TPSA) is 90.9 Å². The molecule has 0 spiro atoms. The molecule has 2 rings (SSSR count). The van der Waals surface area contributed by atoms with E-state index in [-0.39, 0.29) is 11.6 Å². The van der Waals surface area contributed by atoms with E-state index in [0.717, 1.165) is 0 Å². The van der Waals surface area contributed by atoms with Gasteiger partial charge in [0.05, 0.1) is 23.4 Å². The predicted octanol–water partition coefficient (Wildman–Crippen LogP) is 1.16. The van der Waals surface area contributed by atoms with Crippen LogP contribution < -0.4 is 5.32 Å². The quantitative estimate of drug-likeness (QED) is 0.875. The number of rotatable bonds is 3. The third-order valence-corrected chi connectivity index (χ3v) is 2.91. The molecule has 1 aromatic carbocycles. The minimum atomic E-state index is -0.703. The molecule has 1 atom stereocenters. The Labute approximate surface area is 116 Å². The molecule has 2 N–H and O–H groups in total. The summed E-state index contributed by atoms with van der Waals surface area (Å²) >= 11 is 0. The van der Waals surface area contributed by atoms with Crippen LogP contribution in [0.15, 0.2) is 30.5 Å². The van der Waals surface area contributed by atoms with Crippen molar-refractivity contribution in [2.75, 3.05) is 7.05 Å². The Hall–Kier alpha value is -2.65. The van der Waals surface area contributed by atoms with Gasteiger partial charge in [-0.1, -0.05) is 6.07 Å². The lowest BCUT2D eigenvalue weighted by atomic mass is 10.1. The molecule has 1 amide bonds. The second-order valence-corrected chi connectivity index (χ2v) is 4.29. The summed E-state index contributed by atoms with van der Waals surface area (Å²) in [6.45, 7) is 1.63. The Bertz CT molecular complexity index is 683. The van der Waals surface area contributed by atoms with Crippen LogP contribution in [0, 0.1) is 11.3 Å². The molecule has 0 aliphatic carbocycles. The normalized spacial score (nSPS) is 11.7.